The Labute approximate surface area is 98.0 Å². The van der Waals surface area contributed by atoms with Gasteiger partial charge in [0.15, 0.2) is 0 Å². The van der Waals surface area contributed by atoms with Gasteiger partial charge in [-0.1, -0.05) is 25.1 Å². The van der Waals surface area contributed by atoms with E-state index in [0.717, 1.165) is 18.7 Å². The molecular weight excluding hydrogens is 198 g/mol. The van der Waals surface area contributed by atoms with Gasteiger partial charge >= 0.3 is 0 Å². The van der Waals surface area contributed by atoms with Crippen molar-refractivity contribution in [2.45, 2.75) is 45.8 Å². The third-order valence-electron chi connectivity index (χ3n) is 3.15. The minimum absolute atomic E-state index is 0.308. The van der Waals surface area contributed by atoms with Gasteiger partial charge in [0, 0.05) is 18.0 Å². The summed E-state index contributed by atoms with van der Waals surface area (Å²) in [4.78, 5) is 0. The summed E-state index contributed by atoms with van der Waals surface area (Å²) >= 11 is 0. The van der Waals surface area contributed by atoms with Crippen LogP contribution >= 0.6 is 0 Å². The average molecular weight is 219 g/mol. The van der Waals surface area contributed by atoms with Crippen LogP contribution in [0.5, 0.6) is 5.75 Å². The maximum Gasteiger partial charge on any atom is 0.127 e. The predicted octanol–water partition coefficient (Wildman–Crippen LogP) is 3.21. The maximum atomic E-state index is 5.93. The summed E-state index contributed by atoms with van der Waals surface area (Å²) in [7, 11) is 0. The third kappa shape index (κ3) is 2.22. The van der Waals surface area contributed by atoms with E-state index in [0.29, 0.717) is 12.1 Å². The molecule has 88 valence electrons. The van der Waals surface area contributed by atoms with Gasteiger partial charge < -0.3 is 10.1 Å². The zero-order valence-corrected chi connectivity index (χ0v) is 10.4. The van der Waals surface area contributed by atoms with Gasteiger partial charge in [-0.15, -0.1) is 0 Å². The highest BCUT2D eigenvalue weighted by molar-refractivity contribution is 5.44. The number of para-hydroxylation sites is 1. The first-order valence-electron chi connectivity index (χ1n) is 6.22. The first kappa shape index (κ1) is 11.5. The van der Waals surface area contributed by atoms with Crippen molar-refractivity contribution in [3.05, 3.63) is 29.3 Å². The molecular formula is C14H21NO. The number of nitrogens with one attached hydrogen (secondary N) is 1. The normalized spacial score (nSPS) is 23.7. The Morgan fingerprint density at radius 2 is 2.25 bits per heavy atom. The van der Waals surface area contributed by atoms with Crippen LogP contribution in [0.1, 0.15) is 43.9 Å². The number of hydrogen-bond acceptors (Lipinski definition) is 2. The second-order valence-electron chi connectivity index (χ2n) is 4.66. The molecule has 0 amide bonds. The molecule has 0 spiro atoms. The molecule has 2 rings (SSSR count). The molecule has 1 aliphatic heterocycles. The number of ether oxygens (including phenoxy) is 1. The fraction of sp³-hybridized carbons (Fsp3) is 0.571. The molecule has 0 fully saturated rings. The van der Waals surface area contributed by atoms with Gasteiger partial charge in [-0.25, -0.2) is 0 Å². The van der Waals surface area contributed by atoms with E-state index in [2.05, 4.69) is 44.3 Å². The lowest BCUT2D eigenvalue weighted by Crippen LogP contribution is -2.32. The van der Waals surface area contributed by atoms with Gasteiger partial charge in [0.25, 0.3) is 0 Å². The van der Waals surface area contributed by atoms with Crippen molar-refractivity contribution in [2.75, 3.05) is 6.54 Å². The Bertz CT molecular complexity index is 362. The van der Waals surface area contributed by atoms with E-state index in [1.54, 1.807) is 0 Å². The number of benzene rings is 1. The molecule has 1 N–H and O–H groups in total. The largest absolute Gasteiger partial charge is 0.490 e. The summed E-state index contributed by atoms with van der Waals surface area (Å²) in [6.07, 6.45) is 2.55. The molecule has 0 radical (unpaired) electrons. The Hall–Kier alpha value is -1.02. The van der Waals surface area contributed by atoms with E-state index in [4.69, 9.17) is 4.74 Å². The van der Waals surface area contributed by atoms with Crippen LogP contribution in [-0.4, -0.2) is 12.6 Å². The Morgan fingerprint density at radius 3 is 3.00 bits per heavy atom. The number of fused-ring (bicyclic) bond motifs is 1. The summed E-state index contributed by atoms with van der Waals surface area (Å²) in [5.41, 5.74) is 2.57. The molecule has 2 unspecified atom stereocenters. The molecule has 0 aromatic heterocycles. The minimum atomic E-state index is 0.308. The fourth-order valence-electron chi connectivity index (χ4n) is 2.33. The van der Waals surface area contributed by atoms with Crippen LogP contribution in [0.2, 0.25) is 0 Å². The standard InChI is InChI=1S/C14H21NO/c1-4-8-15-13-9-11(3)16-14-10(2)6-5-7-12(13)14/h5-7,11,13,15H,4,8-9H2,1-3H3. The lowest BCUT2D eigenvalue weighted by molar-refractivity contribution is 0.165. The molecule has 0 aliphatic carbocycles. The van der Waals surface area contributed by atoms with Gasteiger partial charge in [-0.05, 0) is 32.4 Å². The molecule has 0 saturated heterocycles. The Kier molecular flexibility index (Phi) is 3.49. The topological polar surface area (TPSA) is 21.3 Å². The van der Waals surface area contributed by atoms with Crippen molar-refractivity contribution in [1.82, 2.24) is 5.32 Å². The van der Waals surface area contributed by atoms with Crippen LogP contribution in [0.25, 0.3) is 0 Å². The predicted molar refractivity (Wildman–Crippen MR) is 66.9 cm³/mol. The molecule has 16 heavy (non-hydrogen) atoms. The van der Waals surface area contributed by atoms with E-state index in [1.807, 2.05) is 0 Å². The number of aryl methyl sites for hydroxylation is 1. The van der Waals surface area contributed by atoms with E-state index >= 15 is 0 Å². The minimum Gasteiger partial charge on any atom is -0.490 e. The maximum absolute atomic E-state index is 5.93. The van der Waals surface area contributed by atoms with Gasteiger partial charge in [-0.3, -0.25) is 0 Å². The van der Waals surface area contributed by atoms with E-state index in [-0.39, 0.29) is 0 Å². The highest BCUT2D eigenvalue weighted by Gasteiger charge is 2.25. The number of rotatable bonds is 3. The quantitative estimate of drug-likeness (QED) is 0.843. The molecule has 2 atom stereocenters. The van der Waals surface area contributed by atoms with Gasteiger partial charge in [0.2, 0.25) is 0 Å². The average Bonchev–Trinajstić information content (AvgIpc) is 2.27. The van der Waals surface area contributed by atoms with E-state index < -0.39 is 0 Å². The second-order valence-corrected chi connectivity index (χ2v) is 4.66. The van der Waals surface area contributed by atoms with Crippen molar-refractivity contribution >= 4 is 0 Å². The van der Waals surface area contributed by atoms with Crippen molar-refractivity contribution in [1.29, 1.82) is 0 Å². The third-order valence-corrected chi connectivity index (χ3v) is 3.15. The van der Waals surface area contributed by atoms with E-state index in [9.17, 15) is 0 Å². The smallest absolute Gasteiger partial charge is 0.127 e. The summed E-state index contributed by atoms with van der Waals surface area (Å²) in [5.74, 6) is 1.09. The molecule has 1 aromatic rings. The summed E-state index contributed by atoms with van der Waals surface area (Å²) in [5, 5.41) is 3.61. The van der Waals surface area contributed by atoms with Crippen molar-refractivity contribution in [3.63, 3.8) is 0 Å². The highest BCUT2D eigenvalue weighted by atomic mass is 16.5. The molecule has 1 aliphatic rings. The summed E-state index contributed by atoms with van der Waals surface area (Å²) < 4.78 is 5.93. The molecule has 0 bridgehead atoms. The van der Waals surface area contributed by atoms with Crippen LogP contribution in [-0.2, 0) is 0 Å². The van der Waals surface area contributed by atoms with Gasteiger partial charge in [-0.2, -0.15) is 0 Å². The van der Waals surface area contributed by atoms with Crippen LogP contribution in [0.4, 0.5) is 0 Å². The van der Waals surface area contributed by atoms with Crippen molar-refractivity contribution in [2.24, 2.45) is 0 Å². The van der Waals surface area contributed by atoms with Crippen LogP contribution in [0.15, 0.2) is 18.2 Å². The Balaban J connectivity index is 2.27. The lowest BCUT2D eigenvalue weighted by atomic mass is 9.95. The summed E-state index contributed by atoms with van der Waals surface area (Å²) in [6, 6.07) is 6.88. The molecule has 2 nitrogen and oxygen atoms in total. The van der Waals surface area contributed by atoms with Crippen LogP contribution < -0.4 is 10.1 Å². The molecule has 2 heteroatoms. The lowest BCUT2D eigenvalue weighted by Gasteiger charge is -2.32. The Morgan fingerprint density at radius 1 is 1.44 bits per heavy atom. The zero-order valence-electron chi connectivity index (χ0n) is 10.4. The van der Waals surface area contributed by atoms with E-state index in [1.165, 1.54) is 17.5 Å². The van der Waals surface area contributed by atoms with Crippen LogP contribution in [0, 0.1) is 6.92 Å². The molecule has 1 heterocycles. The first-order valence-corrected chi connectivity index (χ1v) is 6.22. The monoisotopic (exact) mass is 219 g/mol. The van der Waals surface area contributed by atoms with Crippen molar-refractivity contribution < 1.29 is 4.74 Å². The highest BCUT2D eigenvalue weighted by Crippen LogP contribution is 2.36. The summed E-state index contributed by atoms with van der Waals surface area (Å²) in [6.45, 7) is 7.54. The zero-order chi connectivity index (χ0) is 11.5. The fourth-order valence-corrected chi connectivity index (χ4v) is 2.33. The van der Waals surface area contributed by atoms with Gasteiger partial charge in [0.1, 0.15) is 5.75 Å². The van der Waals surface area contributed by atoms with Crippen molar-refractivity contribution in [3.8, 4) is 5.75 Å². The van der Waals surface area contributed by atoms with Crippen LogP contribution in [0.3, 0.4) is 0 Å². The SMILES string of the molecule is CCCNC1CC(C)Oc2c(C)cccc21. The van der Waals surface area contributed by atoms with Gasteiger partial charge in [0.05, 0.1) is 6.10 Å². The molecule has 1 aromatic carbocycles. The first-order chi connectivity index (χ1) is 7.72. The second kappa shape index (κ2) is 4.88. The number of hydrogen-bond donors (Lipinski definition) is 1. The molecule has 0 saturated carbocycles.